The van der Waals surface area contributed by atoms with Crippen LogP contribution in [0.2, 0.25) is 5.02 Å². The van der Waals surface area contributed by atoms with Gasteiger partial charge in [0.15, 0.2) is 12.4 Å². The van der Waals surface area contributed by atoms with Crippen molar-refractivity contribution >= 4 is 34.2 Å². The van der Waals surface area contributed by atoms with Crippen LogP contribution in [0.5, 0.6) is 5.75 Å². The predicted octanol–water partition coefficient (Wildman–Crippen LogP) is 4.24. The summed E-state index contributed by atoms with van der Waals surface area (Å²) >= 11 is 5.92. The van der Waals surface area contributed by atoms with Gasteiger partial charge >= 0.3 is 5.63 Å². The third kappa shape index (κ3) is 4.30. The van der Waals surface area contributed by atoms with Gasteiger partial charge < -0.3 is 14.5 Å². The normalized spacial score (nSPS) is 10.8. The minimum atomic E-state index is -0.433. The van der Waals surface area contributed by atoms with Crippen molar-refractivity contribution in [3.63, 3.8) is 0 Å². The second-order valence-electron chi connectivity index (χ2n) is 6.38. The smallest absolute Gasteiger partial charge is 0.336 e. The molecule has 8 heteroatoms. The van der Waals surface area contributed by atoms with Crippen molar-refractivity contribution in [1.29, 1.82) is 0 Å². The summed E-state index contributed by atoms with van der Waals surface area (Å²) in [4.78, 5) is 24.0. The molecule has 0 saturated carbocycles. The second-order valence-corrected chi connectivity index (χ2v) is 6.82. The van der Waals surface area contributed by atoms with Gasteiger partial charge in [-0.15, -0.1) is 0 Å². The van der Waals surface area contributed by atoms with Gasteiger partial charge in [0.1, 0.15) is 11.3 Å². The summed E-state index contributed by atoms with van der Waals surface area (Å²) in [5, 5.41) is 8.34. The van der Waals surface area contributed by atoms with E-state index in [1.165, 1.54) is 10.7 Å². The molecule has 4 rings (SSSR count). The number of aromatic nitrogens is 2. The van der Waals surface area contributed by atoms with Crippen molar-refractivity contribution < 1.29 is 13.9 Å². The number of nitrogens with zero attached hydrogens (tertiary/aromatic N) is 2. The van der Waals surface area contributed by atoms with Crippen molar-refractivity contribution in [2.24, 2.45) is 0 Å². The summed E-state index contributed by atoms with van der Waals surface area (Å²) < 4.78 is 12.3. The van der Waals surface area contributed by atoms with E-state index in [4.69, 9.17) is 20.8 Å². The van der Waals surface area contributed by atoms with E-state index in [0.29, 0.717) is 22.0 Å². The fraction of sp³-hybridized carbons (Fsp3) is 0.0952. The molecule has 0 unspecified atom stereocenters. The van der Waals surface area contributed by atoms with E-state index >= 15 is 0 Å². The molecule has 0 atom stereocenters. The lowest BCUT2D eigenvalue weighted by molar-refractivity contribution is 0.102. The molecule has 0 aliphatic carbocycles. The number of hydrogen-bond acceptors (Lipinski definition) is 5. The molecular formula is C21H16ClN3O4. The molecule has 0 spiro atoms. The molecule has 0 aliphatic heterocycles. The van der Waals surface area contributed by atoms with Crippen LogP contribution in [0.4, 0.5) is 5.69 Å². The monoisotopic (exact) mass is 409 g/mol. The fourth-order valence-electron chi connectivity index (χ4n) is 2.85. The van der Waals surface area contributed by atoms with Crippen LogP contribution in [0.1, 0.15) is 16.1 Å². The number of amides is 1. The maximum absolute atomic E-state index is 12.5. The number of hydrogen-bond donors (Lipinski definition) is 1. The zero-order valence-electron chi connectivity index (χ0n) is 15.4. The van der Waals surface area contributed by atoms with Crippen LogP contribution in [-0.2, 0) is 6.73 Å². The number of ether oxygens (including phenoxy) is 1. The molecular weight excluding hydrogens is 394 g/mol. The summed E-state index contributed by atoms with van der Waals surface area (Å²) in [6, 6.07) is 15.2. The van der Waals surface area contributed by atoms with Crippen LogP contribution in [0, 0.1) is 6.92 Å². The molecule has 7 nitrogen and oxygen atoms in total. The number of halogens is 1. The Morgan fingerprint density at radius 1 is 1.21 bits per heavy atom. The largest absolute Gasteiger partial charge is 0.471 e. The summed E-state index contributed by atoms with van der Waals surface area (Å²) in [5.41, 5.74) is 1.52. The highest BCUT2D eigenvalue weighted by molar-refractivity contribution is 6.30. The number of fused-ring (bicyclic) bond motifs is 1. The van der Waals surface area contributed by atoms with Gasteiger partial charge in [-0.1, -0.05) is 17.7 Å². The van der Waals surface area contributed by atoms with Crippen LogP contribution < -0.4 is 15.7 Å². The van der Waals surface area contributed by atoms with E-state index in [-0.39, 0.29) is 18.3 Å². The van der Waals surface area contributed by atoms with E-state index in [9.17, 15) is 9.59 Å². The Kier molecular flexibility index (Phi) is 5.05. The van der Waals surface area contributed by atoms with Crippen molar-refractivity contribution in [3.8, 4) is 5.75 Å². The van der Waals surface area contributed by atoms with E-state index in [1.807, 2.05) is 6.92 Å². The fourth-order valence-corrected chi connectivity index (χ4v) is 3.03. The highest BCUT2D eigenvalue weighted by atomic mass is 35.5. The van der Waals surface area contributed by atoms with Gasteiger partial charge in [-0.2, -0.15) is 5.10 Å². The maximum atomic E-state index is 12.5. The number of nitrogens with one attached hydrogen (secondary N) is 1. The number of carbonyl (C=O) groups is 1. The zero-order chi connectivity index (χ0) is 20.4. The third-order valence-electron chi connectivity index (χ3n) is 4.24. The van der Waals surface area contributed by atoms with Crippen LogP contribution >= 0.6 is 11.6 Å². The second kappa shape index (κ2) is 7.81. The molecule has 2 heterocycles. The molecule has 2 aromatic carbocycles. The van der Waals surface area contributed by atoms with E-state index in [1.54, 1.807) is 54.7 Å². The van der Waals surface area contributed by atoms with Crippen LogP contribution in [0.25, 0.3) is 11.0 Å². The van der Waals surface area contributed by atoms with Crippen molar-refractivity contribution in [3.05, 3.63) is 87.5 Å². The van der Waals surface area contributed by atoms with Gasteiger partial charge in [0.25, 0.3) is 5.91 Å². The van der Waals surface area contributed by atoms with Gasteiger partial charge in [-0.25, -0.2) is 9.48 Å². The molecule has 0 saturated heterocycles. The lowest BCUT2D eigenvalue weighted by Crippen LogP contribution is -2.14. The SMILES string of the molecule is Cc1cc(=O)oc2cc(NC(=O)c3ccn(COc4cccc(Cl)c4)n3)ccc12. The molecule has 1 amide bonds. The first-order chi connectivity index (χ1) is 14.0. The van der Waals surface area contributed by atoms with E-state index < -0.39 is 5.63 Å². The van der Waals surface area contributed by atoms with Crippen LogP contribution in [0.3, 0.4) is 0 Å². The first kappa shape index (κ1) is 18.8. The molecule has 29 heavy (non-hydrogen) atoms. The lowest BCUT2D eigenvalue weighted by atomic mass is 10.1. The Hall–Kier alpha value is -3.58. The zero-order valence-corrected chi connectivity index (χ0v) is 16.1. The minimum absolute atomic E-state index is 0.133. The quantitative estimate of drug-likeness (QED) is 0.498. The molecule has 0 aliphatic rings. The molecule has 2 aromatic heterocycles. The van der Waals surface area contributed by atoms with Gasteiger partial charge in [0.2, 0.25) is 0 Å². The summed E-state index contributed by atoms with van der Waals surface area (Å²) in [6.45, 7) is 1.96. The molecule has 0 bridgehead atoms. The Morgan fingerprint density at radius 3 is 2.90 bits per heavy atom. The molecule has 0 radical (unpaired) electrons. The predicted molar refractivity (Wildman–Crippen MR) is 109 cm³/mol. The molecule has 0 fully saturated rings. The highest BCUT2D eigenvalue weighted by Gasteiger charge is 2.11. The van der Waals surface area contributed by atoms with Crippen LogP contribution in [-0.4, -0.2) is 15.7 Å². The number of anilines is 1. The first-order valence-corrected chi connectivity index (χ1v) is 9.13. The Balaban J connectivity index is 1.45. The molecule has 1 N–H and O–H groups in total. The number of rotatable bonds is 5. The van der Waals surface area contributed by atoms with E-state index in [0.717, 1.165) is 10.9 Å². The van der Waals surface area contributed by atoms with Crippen LogP contribution in [0.15, 0.2) is 70.0 Å². The first-order valence-electron chi connectivity index (χ1n) is 8.76. The topological polar surface area (TPSA) is 86.4 Å². The molecule has 146 valence electrons. The average Bonchev–Trinajstić information content (AvgIpc) is 3.15. The van der Waals surface area contributed by atoms with Crippen molar-refractivity contribution in [2.45, 2.75) is 13.7 Å². The minimum Gasteiger partial charge on any atom is -0.471 e. The Morgan fingerprint density at radius 2 is 2.07 bits per heavy atom. The van der Waals surface area contributed by atoms with E-state index in [2.05, 4.69) is 10.4 Å². The Bertz CT molecular complexity index is 1260. The number of carbonyl (C=O) groups excluding carboxylic acids is 1. The van der Waals surface area contributed by atoms with Gasteiger partial charge in [0.05, 0.1) is 0 Å². The standard InChI is InChI=1S/C21H16ClN3O4/c1-13-9-20(26)29-19-11-15(5-6-17(13)19)23-21(27)18-7-8-25(24-18)12-28-16-4-2-3-14(22)10-16/h2-11H,12H2,1H3,(H,23,27). The highest BCUT2D eigenvalue weighted by Crippen LogP contribution is 2.21. The maximum Gasteiger partial charge on any atom is 0.336 e. The van der Waals surface area contributed by atoms with Crippen molar-refractivity contribution in [1.82, 2.24) is 9.78 Å². The summed E-state index contributed by atoms with van der Waals surface area (Å²) in [7, 11) is 0. The number of aryl methyl sites for hydroxylation is 1. The molecule has 4 aromatic rings. The third-order valence-corrected chi connectivity index (χ3v) is 4.48. The van der Waals surface area contributed by atoms with Gasteiger partial charge in [-0.3, -0.25) is 4.79 Å². The van der Waals surface area contributed by atoms with Crippen molar-refractivity contribution in [2.75, 3.05) is 5.32 Å². The van der Waals surface area contributed by atoms with Gasteiger partial charge in [-0.05, 0) is 48.9 Å². The number of benzene rings is 2. The average molecular weight is 410 g/mol. The van der Waals surface area contributed by atoms with Gasteiger partial charge in [0, 0.05) is 34.4 Å². The summed E-state index contributed by atoms with van der Waals surface area (Å²) in [5.74, 6) is 0.216. The Labute approximate surface area is 170 Å². The summed E-state index contributed by atoms with van der Waals surface area (Å²) in [6.07, 6.45) is 1.64. The lowest BCUT2D eigenvalue weighted by Gasteiger charge is -2.07.